The molecule has 4 heteroatoms. The maximum atomic E-state index is 5.26. The molecule has 0 spiro atoms. The number of nitrogens with two attached hydrogens (primary N) is 1. The first-order chi connectivity index (χ1) is 5.77. The van der Waals surface area contributed by atoms with Crippen molar-refractivity contribution in [2.75, 3.05) is 7.11 Å². The lowest BCUT2D eigenvalue weighted by atomic mass is 10.2. The van der Waals surface area contributed by atoms with E-state index in [4.69, 9.17) is 10.6 Å². The summed E-state index contributed by atoms with van der Waals surface area (Å²) in [6.07, 6.45) is 0. The number of nitrogens with zero attached hydrogens (tertiary/aromatic N) is 1. The summed E-state index contributed by atoms with van der Waals surface area (Å²) in [5, 5.41) is 0. The Hall–Kier alpha value is -1.13. The number of ether oxygens (including phenoxy) is 1. The number of hydrogen-bond acceptors (Lipinski definition) is 4. The summed E-state index contributed by atoms with van der Waals surface area (Å²) < 4.78 is 4.97. The van der Waals surface area contributed by atoms with Gasteiger partial charge < -0.3 is 4.74 Å². The Morgan fingerprint density at radius 2 is 2.33 bits per heavy atom. The molecule has 0 bridgehead atoms. The van der Waals surface area contributed by atoms with Gasteiger partial charge in [0.15, 0.2) is 0 Å². The summed E-state index contributed by atoms with van der Waals surface area (Å²) in [5.74, 6) is 5.87. The molecule has 0 fully saturated rings. The lowest BCUT2D eigenvalue weighted by Crippen LogP contribution is -2.26. The maximum absolute atomic E-state index is 5.26. The van der Waals surface area contributed by atoms with Gasteiger partial charge in [0.05, 0.1) is 18.8 Å². The van der Waals surface area contributed by atoms with E-state index in [0.717, 1.165) is 5.69 Å². The maximum Gasteiger partial charge on any atom is 0.213 e. The van der Waals surface area contributed by atoms with Crippen molar-refractivity contribution in [1.29, 1.82) is 0 Å². The molecule has 0 saturated heterocycles. The van der Waals surface area contributed by atoms with Gasteiger partial charge in [0.2, 0.25) is 5.88 Å². The topological polar surface area (TPSA) is 60.2 Å². The Morgan fingerprint density at radius 1 is 1.58 bits per heavy atom. The Bertz CT molecular complexity index is 252. The van der Waals surface area contributed by atoms with Gasteiger partial charge in [-0.2, -0.15) is 0 Å². The highest BCUT2D eigenvalue weighted by atomic mass is 16.5. The Kier molecular flexibility index (Phi) is 3.01. The van der Waals surface area contributed by atoms with Crippen LogP contribution in [-0.4, -0.2) is 12.1 Å². The van der Waals surface area contributed by atoms with Gasteiger partial charge in [0.1, 0.15) is 0 Å². The van der Waals surface area contributed by atoms with Gasteiger partial charge in [-0.1, -0.05) is 6.07 Å². The molecule has 0 aliphatic heterocycles. The van der Waals surface area contributed by atoms with Crippen LogP contribution in [0.25, 0.3) is 0 Å². The van der Waals surface area contributed by atoms with E-state index in [1.54, 1.807) is 13.2 Å². The van der Waals surface area contributed by atoms with Crippen molar-refractivity contribution < 1.29 is 4.74 Å². The second-order valence-corrected chi connectivity index (χ2v) is 2.49. The average Bonchev–Trinajstić information content (AvgIpc) is 2.17. The first-order valence-electron chi connectivity index (χ1n) is 3.75. The molecule has 1 rings (SSSR count). The quantitative estimate of drug-likeness (QED) is 0.511. The van der Waals surface area contributed by atoms with Gasteiger partial charge in [-0.15, -0.1) is 0 Å². The van der Waals surface area contributed by atoms with Crippen LogP contribution in [0.3, 0.4) is 0 Å². The van der Waals surface area contributed by atoms with Crippen LogP contribution >= 0.6 is 0 Å². The van der Waals surface area contributed by atoms with Crippen molar-refractivity contribution in [3.63, 3.8) is 0 Å². The molecule has 3 N–H and O–H groups in total. The predicted octanol–water partition coefficient (Wildman–Crippen LogP) is 0.615. The van der Waals surface area contributed by atoms with Crippen LogP contribution in [-0.2, 0) is 0 Å². The molecule has 0 amide bonds. The molecule has 4 nitrogen and oxygen atoms in total. The molecule has 1 atom stereocenters. The van der Waals surface area contributed by atoms with E-state index < -0.39 is 0 Å². The highest BCUT2D eigenvalue weighted by molar-refractivity contribution is 5.17. The van der Waals surface area contributed by atoms with E-state index in [9.17, 15) is 0 Å². The summed E-state index contributed by atoms with van der Waals surface area (Å²) in [6, 6.07) is 5.62. The minimum absolute atomic E-state index is 0.0418. The van der Waals surface area contributed by atoms with Crippen LogP contribution in [0.1, 0.15) is 18.7 Å². The molecule has 66 valence electrons. The lowest BCUT2D eigenvalue weighted by Gasteiger charge is -2.09. The molecular formula is C8H13N3O. The average molecular weight is 167 g/mol. The molecular weight excluding hydrogens is 154 g/mol. The van der Waals surface area contributed by atoms with Crippen molar-refractivity contribution in [2.24, 2.45) is 5.84 Å². The van der Waals surface area contributed by atoms with Crippen molar-refractivity contribution in [1.82, 2.24) is 10.4 Å². The first-order valence-corrected chi connectivity index (χ1v) is 3.75. The number of hydrogen-bond donors (Lipinski definition) is 2. The van der Waals surface area contributed by atoms with Crippen molar-refractivity contribution in [3.05, 3.63) is 23.9 Å². The number of hydrazine groups is 1. The summed E-state index contributed by atoms with van der Waals surface area (Å²) in [7, 11) is 1.59. The molecule has 0 aliphatic rings. The molecule has 1 aromatic heterocycles. The van der Waals surface area contributed by atoms with Crippen molar-refractivity contribution >= 4 is 0 Å². The van der Waals surface area contributed by atoms with Crippen molar-refractivity contribution in [2.45, 2.75) is 13.0 Å². The second kappa shape index (κ2) is 4.04. The smallest absolute Gasteiger partial charge is 0.213 e. The second-order valence-electron chi connectivity index (χ2n) is 2.49. The normalized spacial score (nSPS) is 12.6. The summed E-state index contributed by atoms with van der Waals surface area (Å²) in [5.41, 5.74) is 3.49. The molecule has 0 unspecified atom stereocenters. The number of aromatic nitrogens is 1. The lowest BCUT2D eigenvalue weighted by molar-refractivity contribution is 0.394. The van der Waals surface area contributed by atoms with Gasteiger partial charge in [-0.25, -0.2) is 4.98 Å². The minimum Gasteiger partial charge on any atom is -0.481 e. The monoisotopic (exact) mass is 167 g/mol. The summed E-state index contributed by atoms with van der Waals surface area (Å²) in [6.45, 7) is 1.93. The van der Waals surface area contributed by atoms with E-state index in [1.807, 2.05) is 19.1 Å². The fourth-order valence-corrected chi connectivity index (χ4v) is 0.871. The van der Waals surface area contributed by atoms with Gasteiger partial charge >= 0.3 is 0 Å². The third kappa shape index (κ3) is 1.93. The number of rotatable bonds is 3. The third-order valence-corrected chi connectivity index (χ3v) is 1.65. The molecule has 0 aromatic carbocycles. The fourth-order valence-electron chi connectivity index (χ4n) is 0.871. The summed E-state index contributed by atoms with van der Waals surface area (Å²) >= 11 is 0. The zero-order valence-electron chi connectivity index (χ0n) is 7.24. The zero-order chi connectivity index (χ0) is 8.97. The fraction of sp³-hybridized carbons (Fsp3) is 0.375. The Balaban J connectivity index is 2.86. The minimum atomic E-state index is 0.0418. The molecule has 1 aromatic rings. The van der Waals surface area contributed by atoms with Gasteiger partial charge in [0, 0.05) is 6.07 Å². The van der Waals surface area contributed by atoms with Crippen LogP contribution in [0.4, 0.5) is 0 Å². The van der Waals surface area contributed by atoms with Crippen LogP contribution in [0.15, 0.2) is 18.2 Å². The van der Waals surface area contributed by atoms with E-state index in [2.05, 4.69) is 10.4 Å². The standard InChI is InChI=1S/C8H13N3O/c1-6(11-9)7-4-3-5-8(10-7)12-2/h3-6,11H,9H2,1-2H3/t6-/m1/s1. The zero-order valence-corrected chi connectivity index (χ0v) is 7.24. The van der Waals surface area contributed by atoms with E-state index >= 15 is 0 Å². The van der Waals surface area contributed by atoms with Gasteiger partial charge in [-0.05, 0) is 13.0 Å². The molecule has 0 radical (unpaired) electrons. The largest absolute Gasteiger partial charge is 0.481 e. The summed E-state index contributed by atoms with van der Waals surface area (Å²) in [4.78, 5) is 4.20. The predicted molar refractivity (Wildman–Crippen MR) is 46.5 cm³/mol. The number of nitrogens with one attached hydrogen (secondary N) is 1. The van der Waals surface area contributed by atoms with Gasteiger partial charge in [-0.3, -0.25) is 11.3 Å². The molecule has 0 saturated carbocycles. The van der Waals surface area contributed by atoms with E-state index in [-0.39, 0.29) is 6.04 Å². The van der Waals surface area contributed by atoms with Crippen molar-refractivity contribution in [3.8, 4) is 5.88 Å². The Labute approximate surface area is 71.7 Å². The highest BCUT2D eigenvalue weighted by Crippen LogP contribution is 2.12. The van der Waals surface area contributed by atoms with Gasteiger partial charge in [0.25, 0.3) is 0 Å². The number of methoxy groups -OCH3 is 1. The SMILES string of the molecule is COc1cccc([C@@H](C)NN)n1. The number of pyridine rings is 1. The third-order valence-electron chi connectivity index (χ3n) is 1.65. The van der Waals surface area contributed by atoms with E-state index in [1.165, 1.54) is 0 Å². The van der Waals surface area contributed by atoms with Crippen LogP contribution < -0.4 is 16.0 Å². The molecule has 0 aliphatic carbocycles. The highest BCUT2D eigenvalue weighted by Gasteiger charge is 2.04. The first kappa shape index (κ1) is 8.96. The van der Waals surface area contributed by atoms with Crippen LogP contribution in [0, 0.1) is 0 Å². The Morgan fingerprint density at radius 3 is 2.92 bits per heavy atom. The van der Waals surface area contributed by atoms with E-state index in [0.29, 0.717) is 5.88 Å². The van der Waals surface area contributed by atoms with Crippen LogP contribution in [0.5, 0.6) is 5.88 Å². The molecule has 12 heavy (non-hydrogen) atoms. The molecule has 1 heterocycles. The van der Waals surface area contributed by atoms with Crippen LogP contribution in [0.2, 0.25) is 0 Å².